The van der Waals surface area contributed by atoms with Gasteiger partial charge in [0.2, 0.25) is 0 Å². The molecule has 0 unspecified atom stereocenters. The largest absolute Gasteiger partial charge is 0.497 e. The third-order valence-corrected chi connectivity index (χ3v) is 4.01. The molecule has 0 aliphatic rings. The molecule has 3 nitrogen and oxygen atoms in total. The molecule has 0 saturated heterocycles. The number of benzene rings is 1. The number of pyridine rings is 1. The van der Waals surface area contributed by atoms with E-state index in [-0.39, 0.29) is 0 Å². The van der Waals surface area contributed by atoms with E-state index >= 15 is 0 Å². The van der Waals surface area contributed by atoms with E-state index in [4.69, 9.17) is 9.72 Å². The minimum atomic E-state index is 0.861. The maximum absolute atomic E-state index is 5.17. The Labute approximate surface area is 122 Å². The molecule has 0 saturated carbocycles. The van der Waals surface area contributed by atoms with Crippen LogP contribution in [-0.2, 0) is 7.05 Å². The van der Waals surface area contributed by atoms with Crippen LogP contribution in [0.25, 0.3) is 21.8 Å². The number of ether oxygens (including phenoxy) is 1. The predicted octanol–water partition coefficient (Wildman–Crippen LogP) is 3.31. The molecule has 0 amide bonds. The van der Waals surface area contributed by atoms with E-state index in [2.05, 4.69) is 17.5 Å². The van der Waals surface area contributed by atoms with E-state index in [1.807, 2.05) is 48.3 Å². The Hall–Kier alpha value is -2.20. The molecule has 1 aromatic carbocycles. The fraction of sp³-hybridized carbons (Fsp3) is 0.125. The summed E-state index contributed by atoms with van der Waals surface area (Å²) in [4.78, 5) is 4.70. The maximum atomic E-state index is 5.17. The van der Waals surface area contributed by atoms with Gasteiger partial charge < -0.3 is 4.74 Å². The summed E-state index contributed by atoms with van der Waals surface area (Å²) >= 11 is 1.66. The number of rotatable bonds is 3. The Morgan fingerprint density at radius 1 is 1.00 bits per heavy atom. The molecule has 3 rings (SSSR count). The average molecular weight is 283 g/mol. The van der Waals surface area contributed by atoms with Crippen LogP contribution in [0.15, 0.2) is 54.2 Å². The molecule has 100 valence electrons. The van der Waals surface area contributed by atoms with Gasteiger partial charge >= 0.3 is 0 Å². The molecule has 2 aromatic heterocycles. The van der Waals surface area contributed by atoms with Gasteiger partial charge in [-0.15, -0.1) is 11.3 Å². The lowest BCUT2D eigenvalue weighted by Crippen LogP contribution is -2.25. The Bertz CT molecular complexity index is 702. The van der Waals surface area contributed by atoms with Crippen molar-refractivity contribution in [3.8, 4) is 27.6 Å². The first-order chi connectivity index (χ1) is 9.76. The predicted molar refractivity (Wildman–Crippen MR) is 80.7 cm³/mol. The van der Waals surface area contributed by atoms with Crippen molar-refractivity contribution in [3.63, 3.8) is 0 Å². The normalized spacial score (nSPS) is 10.5. The number of hydrogen-bond donors (Lipinski definition) is 0. The lowest BCUT2D eigenvalue weighted by atomic mass is 10.2. The van der Waals surface area contributed by atoms with E-state index in [1.54, 1.807) is 18.4 Å². The molecule has 0 aliphatic carbocycles. The van der Waals surface area contributed by atoms with Crippen molar-refractivity contribution in [1.29, 1.82) is 0 Å². The fourth-order valence-electron chi connectivity index (χ4n) is 1.94. The number of aromatic nitrogens is 2. The molecule has 4 heteroatoms. The van der Waals surface area contributed by atoms with Gasteiger partial charge in [-0.2, -0.15) is 0 Å². The summed E-state index contributed by atoms with van der Waals surface area (Å²) < 4.78 is 7.19. The number of hydrogen-bond acceptors (Lipinski definition) is 3. The second-order valence-corrected chi connectivity index (χ2v) is 5.38. The Kier molecular flexibility index (Phi) is 3.48. The molecule has 0 atom stereocenters. The molecule has 0 bridgehead atoms. The number of thiazole rings is 1. The van der Waals surface area contributed by atoms with Crippen LogP contribution >= 0.6 is 11.3 Å². The van der Waals surface area contributed by atoms with E-state index in [9.17, 15) is 0 Å². The highest BCUT2D eigenvalue weighted by molar-refractivity contribution is 7.13. The molecule has 2 heterocycles. The van der Waals surface area contributed by atoms with E-state index < -0.39 is 0 Å². The van der Waals surface area contributed by atoms with Crippen molar-refractivity contribution in [2.75, 3.05) is 7.11 Å². The van der Waals surface area contributed by atoms with Crippen molar-refractivity contribution in [2.24, 2.45) is 7.05 Å². The van der Waals surface area contributed by atoms with Crippen molar-refractivity contribution >= 4 is 11.3 Å². The van der Waals surface area contributed by atoms with Crippen LogP contribution < -0.4 is 9.30 Å². The molecule has 3 aromatic rings. The molecular weight excluding hydrogens is 268 g/mol. The molecule has 0 N–H and O–H groups in total. The van der Waals surface area contributed by atoms with Crippen LogP contribution in [0.4, 0.5) is 0 Å². The van der Waals surface area contributed by atoms with Crippen LogP contribution in [-0.4, -0.2) is 12.1 Å². The minimum Gasteiger partial charge on any atom is -0.497 e. The van der Waals surface area contributed by atoms with Gasteiger partial charge in [0.25, 0.3) is 0 Å². The molecule has 0 spiro atoms. The zero-order valence-electron chi connectivity index (χ0n) is 11.4. The summed E-state index contributed by atoms with van der Waals surface area (Å²) in [5.74, 6) is 0.861. The van der Waals surface area contributed by atoms with E-state index in [0.29, 0.717) is 0 Å². The van der Waals surface area contributed by atoms with Crippen LogP contribution in [0.3, 0.4) is 0 Å². The second kappa shape index (κ2) is 5.43. The number of nitrogens with zero attached hydrogens (tertiary/aromatic N) is 2. The second-order valence-electron chi connectivity index (χ2n) is 4.52. The van der Waals surface area contributed by atoms with E-state index in [0.717, 1.165) is 27.6 Å². The first kappa shape index (κ1) is 12.8. The summed E-state index contributed by atoms with van der Waals surface area (Å²) in [7, 11) is 3.68. The summed E-state index contributed by atoms with van der Waals surface area (Å²) in [5, 5.41) is 3.13. The average Bonchev–Trinajstić information content (AvgIpc) is 2.98. The van der Waals surface area contributed by atoms with Crippen molar-refractivity contribution in [2.45, 2.75) is 0 Å². The van der Waals surface area contributed by atoms with Gasteiger partial charge in [-0.3, -0.25) is 0 Å². The summed E-state index contributed by atoms with van der Waals surface area (Å²) in [6.07, 6.45) is 4.06. The zero-order valence-corrected chi connectivity index (χ0v) is 12.2. The Morgan fingerprint density at radius 2 is 1.70 bits per heavy atom. The molecular formula is C16H15N2OS+. The molecule has 0 radical (unpaired) electrons. The molecule has 20 heavy (non-hydrogen) atoms. The quantitative estimate of drug-likeness (QED) is 0.689. The van der Waals surface area contributed by atoms with Gasteiger partial charge in [0.1, 0.15) is 17.8 Å². The number of methoxy groups -OCH3 is 1. The third kappa shape index (κ3) is 2.56. The number of aryl methyl sites for hydroxylation is 1. The zero-order chi connectivity index (χ0) is 13.9. The fourth-order valence-corrected chi connectivity index (χ4v) is 2.78. The highest BCUT2D eigenvalue weighted by Gasteiger charge is 2.07. The highest BCUT2D eigenvalue weighted by atomic mass is 32.1. The highest BCUT2D eigenvalue weighted by Crippen LogP contribution is 2.29. The standard InChI is InChI=1S/C16H15N2OS/c1-18-9-7-13(8-10-18)16-17-15(11-20-16)12-3-5-14(19-2)6-4-12/h3-11H,1-2H3/q+1. The smallest absolute Gasteiger partial charge is 0.169 e. The first-order valence-corrected chi connectivity index (χ1v) is 7.20. The third-order valence-electron chi connectivity index (χ3n) is 3.12. The van der Waals surface area contributed by atoms with Gasteiger partial charge in [-0.1, -0.05) is 0 Å². The Balaban J connectivity index is 1.91. The SMILES string of the molecule is COc1ccc(-c2csc(-c3cc[n+](C)cc3)n2)cc1. The summed E-state index contributed by atoms with van der Waals surface area (Å²) in [5.41, 5.74) is 3.25. The van der Waals surface area contributed by atoms with Crippen LogP contribution in [0.1, 0.15) is 0 Å². The first-order valence-electron chi connectivity index (χ1n) is 6.32. The maximum Gasteiger partial charge on any atom is 0.169 e. The minimum absolute atomic E-state index is 0.861. The lowest BCUT2D eigenvalue weighted by Gasteiger charge is -2.00. The van der Waals surface area contributed by atoms with Gasteiger partial charge in [-0.05, 0) is 24.3 Å². The van der Waals surface area contributed by atoms with Crippen LogP contribution in [0, 0.1) is 0 Å². The van der Waals surface area contributed by atoms with Crippen molar-refractivity contribution < 1.29 is 9.30 Å². The lowest BCUT2D eigenvalue weighted by molar-refractivity contribution is -0.671. The topological polar surface area (TPSA) is 26.0 Å². The molecule has 0 aliphatic heterocycles. The van der Waals surface area contributed by atoms with Gasteiger partial charge in [0.05, 0.1) is 12.8 Å². The summed E-state index contributed by atoms with van der Waals surface area (Å²) in [6, 6.07) is 12.1. The van der Waals surface area contributed by atoms with E-state index in [1.165, 1.54) is 0 Å². The summed E-state index contributed by atoms with van der Waals surface area (Å²) in [6.45, 7) is 0. The molecule has 0 fully saturated rings. The van der Waals surface area contributed by atoms with Crippen molar-refractivity contribution in [3.05, 3.63) is 54.2 Å². The van der Waals surface area contributed by atoms with Gasteiger partial charge in [0, 0.05) is 28.6 Å². The van der Waals surface area contributed by atoms with Gasteiger partial charge in [-0.25, -0.2) is 9.55 Å². The van der Waals surface area contributed by atoms with Crippen LogP contribution in [0.5, 0.6) is 5.75 Å². The Morgan fingerprint density at radius 3 is 2.35 bits per heavy atom. The van der Waals surface area contributed by atoms with Crippen LogP contribution in [0.2, 0.25) is 0 Å². The van der Waals surface area contributed by atoms with Crippen molar-refractivity contribution in [1.82, 2.24) is 4.98 Å². The monoisotopic (exact) mass is 283 g/mol. The van der Waals surface area contributed by atoms with Gasteiger partial charge in [0.15, 0.2) is 12.4 Å².